The van der Waals surface area contributed by atoms with Gasteiger partial charge < -0.3 is 19.5 Å². The number of amides is 1. The predicted octanol–water partition coefficient (Wildman–Crippen LogP) is 2.05. The van der Waals surface area contributed by atoms with Crippen LogP contribution < -0.4 is 20.3 Å². The first-order valence-electron chi connectivity index (χ1n) is 8.62. The summed E-state index contributed by atoms with van der Waals surface area (Å²) in [5.74, 6) is -0.115. The average Bonchev–Trinajstić information content (AvgIpc) is 3.21. The molecule has 0 aliphatic carbocycles. The third kappa shape index (κ3) is 4.91. The molecule has 3 aromatic rings. The first-order chi connectivity index (χ1) is 14.0. The number of hydrogen-bond acceptors (Lipinski definition) is 8. The lowest BCUT2D eigenvalue weighted by atomic mass is 10.2. The standard InChI is InChI=1S/C19H19N3O6S/c1-26-12-3-4-14(15(9-12)27-2)21-16(23)10-28-17(24)5-7-22-11-20-18-13(19(22)25)6-8-29-18/h3-4,6,8-9,11H,5,7,10H2,1-2H3,(H,21,23). The number of methoxy groups -OCH3 is 2. The van der Waals surface area contributed by atoms with Gasteiger partial charge in [-0.15, -0.1) is 11.3 Å². The van der Waals surface area contributed by atoms with E-state index in [0.717, 1.165) is 0 Å². The second kappa shape index (κ2) is 9.20. The molecule has 10 heteroatoms. The number of aromatic nitrogens is 2. The summed E-state index contributed by atoms with van der Waals surface area (Å²) < 4.78 is 16.6. The molecular weight excluding hydrogens is 398 g/mol. The Bertz CT molecular complexity index is 1090. The monoisotopic (exact) mass is 417 g/mol. The topological polar surface area (TPSA) is 109 Å². The van der Waals surface area contributed by atoms with Crippen LogP contribution in [0.25, 0.3) is 10.2 Å². The smallest absolute Gasteiger partial charge is 0.308 e. The minimum Gasteiger partial charge on any atom is -0.497 e. The van der Waals surface area contributed by atoms with Gasteiger partial charge in [-0.2, -0.15) is 0 Å². The van der Waals surface area contributed by atoms with Crippen molar-refractivity contribution < 1.29 is 23.8 Å². The number of hydrogen-bond donors (Lipinski definition) is 1. The zero-order chi connectivity index (χ0) is 20.8. The molecule has 0 unspecified atom stereocenters. The zero-order valence-corrected chi connectivity index (χ0v) is 16.7. The number of carbonyl (C=O) groups excluding carboxylic acids is 2. The van der Waals surface area contributed by atoms with Crippen molar-refractivity contribution in [3.63, 3.8) is 0 Å². The van der Waals surface area contributed by atoms with Crippen LogP contribution >= 0.6 is 11.3 Å². The molecule has 1 N–H and O–H groups in total. The molecule has 0 saturated carbocycles. The molecule has 0 fully saturated rings. The molecule has 0 saturated heterocycles. The fourth-order valence-electron chi connectivity index (χ4n) is 2.57. The Balaban J connectivity index is 1.50. The number of esters is 1. The number of ether oxygens (including phenoxy) is 3. The molecule has 0 spiro atoms. The molecule has 152 valence electrons. The summed E-state index contributed by atoms with van der Waals surface area (Å²) >= 11 is 1.37. The van der Waals surface area contributed by atoms with Gasteiger partial charge in [-0.3, -0.25) is 19.0 Å². The summed E-state index contributed by atoms with van der Waals surface area (Å²) in [5, 5.41) is 4.91. The highest BCUT2D eigenvalue weighted by atomic mass is 32.1. The lowest BCUT2D eigenvalue weighted by Gasteiger charge is -2.12. The molecule has 0 radical (unpaired) electrons. The fourth-order valence-corrected chi connectivity index (χ4v) is 3.29. The minimum absolute atomic E-state index is 0.0592. The van der Waals surface area contributed by atoms with Crippen molar-refractivity contribution in [1.29, 1.82) is 0 Å². The Morgan fingerprint density at radius 3 is 2.79 bits per heavy atom. The number of fused-ring (bicyclic) bond motifs is 1. The van der Waals surface area contributed by atoms with E-state index in [4.69, 9.17) is 14.2 Å². The molecule has 0 bridgehead atoms. The van der Waals surface area contributed by atoms with Gasteiger partial charge in [0.15, 0.2) is 6.61 Å². The van der Waals surface area contributed by atoms with Crippen LogP contribution in [0.15, 0.2) is 40.8 Å². The summed E-state index contributed by atoms with van der Waals surface area (Å²) in [6.45, 7) is -0.338. The van der Waals surface area contributed by atoms with Crippen molar-refractivity contribution in [2.24, 2.45) is 0 Å². The first kappa shape index (κ1) is 20.3. The second-order valence-corrected chi connectivity index (χ2v) is 6.80. The highest BCUT2D eigenvalue weighted by molar-refractivity contribution is 7.16. The highest BCUT2D eigenvalue weighted by Gasteiger charge is 2.12. The van der Waals surface area contributed by atoms with Crippen molar-refractivity contribution in [3.8, 4) is 11.5 Å². The summed E-state index contributed by atoms with van der Waals surface area (Å²) in [7, 11) is 2.99. The van der Waals surface area contributed by atoms with Gasteiger partial charge in [-0.1, -0.05) is 0 Å². The van der Waals surface area contributed by atoms with Crippen LogP contribution in [0, 0.1) is 0 Å². The van der Waals surface area contributed by atoms with Crippen LogP contribution in [-0.2, 0) is 20.9 Å². The van der Waals surface area contributed by atoms with Gasteiger partial charge in [0.05, 0.1) is 38.0 Å². The summed E-state index contributed by atoms with van der Waals surface area (Å²) in [6.07, 6.45) is 1.34. The molecule has 2 heterocycles. The quantitative estimate of drug-likeness (QED) is 0.559. The van der Waals surface area contributed by atoms with Gasteiger partial charge in [0.25, 0.3) is 11.5 Å². The van der Waals surface area contributed by atoms with Crippen molar-refractivity contribution in [2.75, 3.05) is 26.1 Å². The molecular formula is C19H19N3O6S. The predicted molar refractivity (Wildman–Crippen MR) is 108 cm³/mol. The van der Waals surface area contributed by atoms with Gasteiger partial charge >= 0.3 is 5.97 Å². The van der Waals surface area contributed by atoms with E-state index in [1.165, 1.54) is 36.5 Å². The Labute approximate surface area is 169 Å². The van der Waals surface area contributed by atoms with Crippen LogP contribution in [0.1, 0.15) is 6.42 Å². The van der Waals surface area contributed by atoms with Crippen LogP contribution in [-0.4, -0.2) is 42.3 Å². The van der Waals surface area contributed by atoms with Crippen molar-refractivity contribution in [2.45, 2.75) is 13.0 Å². The summed E-state index contributed by atoms with van der Waals surface area (Å²) in [6, 6.07) is 6.61. The van der Waals surface area contributed by atoms with E-state index in [0.29, 0.717) is 27.4 Å². The molecule has 0 aliphatic rings. The van der Waals surface area contributed by atoms with Gasteiger partial charge in [0, 0.05) is 12.6 Å². The number of carbonyl (C=O) groups is 2. The normalized spacial score (nSPS) is 10.6. The van der Waals surface area contributed by atoms with E-state index in [-0.39, 0.29) is 18.5 Å². The highest BCUT2D eigenvalue weighted by Crippen LogP contribution is 2.28. The van der Waals surface area contributed by atoms with Crippen LogP contribution in [0.5, 0.6) is 11.5 Å². The molecule has 29 heavy (non-hydrogen) atoms. The first-order valence-corrected chi connectivity index (χ1v) is 9.50. The van der Waals surface area contributed by atoms with E-state index in [2.05, 4.69) is 10.3 Å². The molecule has 1 amide bonds. The Morgan fingerprint density at radius 2 is 2.03 bits per heavy atom. The van der Waals surface area contributed by atoms with Crippen molar-refractivity contribution in [3.05, 3.63) is 46.3 Å². The SMILES string of the molecule is COc1ccc(NC(=O)COC(=O)CCn2cnc3sccc3c2=O)c(OC)c1. The maximum atomic E-state index is 12.3. The zero-order valence-electron chi connectivity index (χ0n) is 15.8. The van der Waals surface area contributed by atoms with Crippen LogP contribution in [0.3, 0.4) is 0 Å². The van der Waals surface area contributed by atoms with Gasteiger partial charge in [0.2, 0.25) is 0 Å². The second-order valence-electron chi connectivity index (χ2n) is 5.91. The summed E-state index contributed by atoms with van der Waals surface area (Å²) in [4.78, 5) is 41.1. The Kier molecular flexibility index (Phi) is 6.45. The lowest BCUT2D eigenvalue weighted by Crippen LogP contribution is -2.24. The average molecular weight is 417 g/mol. The lowest BCUT2D eigenvalue weighted by molar-refractivity contribution is -0.147. The van der Waals surface area contributed by atoms with Crippen molar-refractivity contribution in [1.82, 2.24) is 9.55 Å². The van der Waals surface area contributed by atoms with E-state index in [1.54, 1.807) is 29.6 Å². The number of anilines is 1. The molecule has 2 aromatic heterocycles. The number of thiophene rings is 1. The molecule has 0 atom stereocenters. The van der Waals surface area contributed by atoms with Gasteiger partial charge in [-0.25, -0.2) is 4.98 Å². The Morgan fingerprint density at radius 1 is 1.21 bits per heavy atom. The number of nitrogens with zero attached hydrogens (tertiary/aromatic N) is 2. The fraction of sp³-hybridized carbons (Fsp3) is 0.263. The van der Waals surface area contributed by atoms with E-state index < -0.39 is 18.5 Å². The summed E-state index contributed by atoms with van der Waals surface area (Å²) in [5.41, 5.74) is 0.212. The number of rotatable bonds is 8. The van der Waals surface area contributed by atoms with Crippen molar-refractivity contribution >= 4 is 39.1 Å². The largest absolute Gasteiger partial charge is 0.497 e. The van der Waals surface area contributed by atoms with Gasteiger partial charge in [0.1, 0.15) is 16.3 Å². The maximum Gasteiger partial charge on any atom is 0.308 e. The number of nitrogens with one attached hydrogen (secondary N) is 1. The van der Waals surface area contributed by atoms with Crippen LogP contribution in [0.4, 0.5) is 5.69 Å². The maximum absolute atomic E-state index is 12.3. The molecule has 1 aromatic carbocycles. The third-order valence-corrected chi connectivity index (χ3v) is 4.88. The van der Waals surface area contributed by atoms with E-state index >= 15 is 0 Å². The molecule has 3 rings (SSSR count). The van der Waals surface area contributed by atoms with E-state index in [9.17, 15) is 14.4 Å². The minimum atomic E-state index is -0.598. The molecule has 0 aliphatic heterocycles. The Hall–Kier alpha value is -3.40. The van der Waals surface area contributed by atoms with Crippen LogP contribution in [0.2, 0.25) is 0 Å². The van der Waals surface area contributed by atoms with Gasteiger partial charge in [-0.05, 0) is 23.6 Å². The number of benzene rings is 1. The molecule has 9 nitrogen and oxygen atoms in total. The number of aryl methyl sites for hydroxylation is 1. The third-order valence-electron chi connectivity index (χ3n) is 4.05. The van der Waals surface area contributed by atoms with E-state index in [1.807, 2.05) is 0 Å².